The molecule has 1 rings (SSSR count). The molecule has 0 aliphatic heterocycles. The second-order valence-corrected chi connectivity index (χ2v) is 3.18. The summed E-state index contributed by atoms with van der Waals surface area (Å²) in [4.78, 5) is 7.88. The predicted molar refractivity (Wildman–Crippen MR) is 57.0 cm³/mol. The van der Waals surface area contributed by atoms with Crippen LogP contribution in [0, 0.1) is 0 Å². The largest absolute Gasteiger partial charge is 0.490 e. The first-order valence-corrected chi connectivity index (χ1v) is 4.95. The minimum atomic E-state index is 0.335. The Morgan fingerprint density at radius 1 is 1.50 bits per heavy atom. The van der Waals surface area contributed by atoms with Crippen molar-refractivity contribution < 1.29 is 4.74 Å². The standard InChI is InChI=1S/C9H14ClN3O/c1-3-4-5-11-9-7(14-2)8(10)12-6-13-9/h6H,3-5H2,1-2H3,(H,11,12,13). The van der Waals surface area contributed by atoms with Gasteiger partial charge in [-0.15, -0.1) is 0 Å². The second kappa shape index (κ2) is 5.65. The number of anilines is 1. The highest BCUT2D eigenvalue weighted by atomic mass is 35.5. The van der Waals surface area contributed by atoms with Gasteiger partial charge in [0.05, 0.1) is 7.11 Å². The summed E-state index contributed by atoms with van der Waals surface area (Å²) in [5.74, 6) is 1.16. The molecule has 0 unspecified atom stereocenters. The minimum Gasteiger partial charge on any atom is -0.490 e. The summed E-state index contributed by atoms with van der Waals surface area (Å²) < 4.78 is 5.09. The van der Waals surface area contributed by atoms with Crippen LogP contribution in [0.25, 0.3) is 0 Å². The molecule has 0 fully saturated rings. The molecular formula is C9H14ClN3O. The quantitative estimate of drug-likeness (QED) is 0.605. The third-order valence-electron chi connectivity index (χ3n) is 1.79. The molecule has 14 heavy (non-hydrogen) atoms. The van der Waals surface area contributed by atoms with E-state index in [1.54, 1.807) is 7.11 Å². The first kappa shape index (κ1) is 11.0. The van der Waals surface area contributed by atoms with E-state index < -0.39 is 0 Å². The molecule has 0 aromatic carbocycles. The van der Waals surface area contributed by atoms with Gasteiger partial charge in [0, 0.05) is 6.54 Å². The van der Waals surface area contributed by atoms with Gasteiger partial charge in [0.25, 0.3) is 0 Å². The van der Waals surface area contributed by atoms with E-state index in [1.807, 2.05) is 0 Å². The smallest absolute Gasteiger partial charge is 0.198 e. The summed E-state index contributed by atoms with van der Waals surface area (Å²) in [6.07, 6.45) is 3.64. The van der Waals surface area contributed by atoms with Crippen LogP contribution < -0.4 is 10.1 Å². The predicted octanol–water partition coefficient (Wildman–Crippen LogP) is 2.35. The zero-order valence-electron chi connectivity index (χ0n) is 8.38. The van der Waals surface area contributed by atoms with Gasteiger partial charge in [0.1, 0.15) is 6.33 Å². The molecule has 0 aliphatic rings. The number of rotatable bonds is 5. The molecule has 0 amide bonds. The van der Waals surface area contributed by atoms with Crippen molar-refractivity contribution >= 4 is 17.4 Å². The van der Waals surface area contributed by atoms with Gasteiger partial charge in [-0.2, -0.15) is 0 Å². The van der Waals surface area contributed by atoms with Crippen LogP contribution in [0.2, 0.25) is 5.15 Å². The van der Waals surface area contributed by atoms with Gasteiger partial charge in [-0.3, -0.25) is 0 Å². The Morgan fingerprint density at radius 3 is 2.93 bits per heavy atom. The SMILES string of the molecule is CCCCNc1ncnc(Cl)c1OC. The molecule has 1 aromatic rings. The summed E-state index contributed by atoms with van der Waals surface area (Å²) in [6, 6.07) is 0. The van der Waals surface area contributed by atoms with E-state index in [-0.39, 0.29) is 0 Å². The monoisotopic (exact) mass is 215 g/mol. The molecule has 4 nitrogen and oxygen atoms in total. The van der Waals surface area contributed by atoms with Crippen molar-refractivity contribution in [3.8, 4) is 5.75 Å². The number of hydrogen-bond acceptors (Lipinski definition) is 4. The van der Waals surface area contributed by atoms with Crippen LogP contribution in [0.4, 0.5) is 5.82 Å². The van der Waals surface area contributed by atoms with E-state index in [9.17, 15) is 0 Å². The summed E-state index contributed by atoms with van der Waals surface area (Å²) in [5, 5.41) is 3.48. The number of aromatic nitrogens is 2. The molecule has 1 aromatic heterocycles. The lowest BCUT2D eigenvalue weighted by Crippen LogP contribution is -2.05. The number of nitrogens with one attached hydrogen (secondary N) is 1. The van der Waals surface area contributed by atoms with Crippen molar-refractivity contribution in [2.24, 2.45) is 0 Å². The van der Waals surface area contributed by atoms with Crippen LogP contribution in [0.5, 0.6) is 5.75 Å². The molecule has 1 heterocycles. The van der Waals surface area contributed by atoms with E-state index >= 15 is 0 Å². The van der Waals surface area contributed by atoms with Gasteiger partial charge >= 0.3 is 0 Å². The van der Waals surface area contributed by atoms with E-state index in [2.05, 4.69) is 22.2 Å². The Morgan fingerprint density at radius 2 is 2.29 bits per heavy atom. The molecule has 0 bridgehead atoms. The Bertz CT molecular complexity index is 293. The van der Waals surface area contributed by atoms with Crippen molar-refractivity contribution in [1.29, 1.82) is 0 Å². The van der Waals surface area contributed by atoms with Gasteiger partial charge < -0.3 is 10.1 Å². The molecule has 78 valence electrons. The highest BCUT2D eigenvalue weighted by molar-refractivity contribution is 6.31. The van der Waals surface area contributed by atoms with E-state index in [1.165, 1.54) is 6.33 Å². The highest BCUT2D eigenvalue weighted by Gasteiger charge is 2.08. The van der Waals surface area contributed by atoms with Crippen LogP contribution in [0.1, 0.15) is 19.8 Å². The zero-order valence-corrected chi connectivity index (χ0v) is 9.14. The molecule has 0 aliphatic carbocycles. The van der Waals surface area contributed by atoms with Gasteiger partial charge in [-0.25, -0.2) is 9.97 Å². The topological polar surface area (TPSA) is 47.0 Å². The maximum atomic E-state index is 5.83. The number of nitrogens with zero attached hydrogens (tertiary/aromatic N) is 2. The minimum absolute atomic E-state index is 0.335. The van der Waals surface area contributed by atoms with Crippen LogP contribution in [0.3, 0.4) is 0 Å². The third-order valence-corrected chi connectivity index (χ3v) is 2.06. The van der Waals surface area contributed by atoms with Crippen LogP contribution in [0.15, 0.2) is 6.33 Å². The van der Waals surface area contributed by atoms with Crippen LogP contribution >= 0.6 is 11.6 Å². The summed E-state index contributed by atoms with van der Waals surface area (Å²) in [7, 11) is 1.55. The zero-order chi connectivity index (χ0) is 10.4. The van der Waals surface area contributed by atoms with Gasteiger partial charge in [-0.1, -0.05) is 24.9 Å². The summed E-state index contributed by atoms with van der Waals surface area (Å²) in [6.45, 7) is 2.99. The fraction of sp³-hybridized carbons (Fsp3) is 0.556. The first-order chi connectivity index (χ1) is 6.79. The summed E-state index contributed by atoms with van der Waals surface area (Å²) in [5.41, 5.74) is 0. The highest BCUT2D eigenvalue weighted by Crippen LogP contribution is 2.28. The van der Waals surface area contributed by atoms with Crippen molar-refractivity contribution in [3.05, 3.63) is 11.5 Å². The molecule has 0 spiro atoms. The normalized spacial score (nSPS) is 9.93. The maximum absolute atomic E-state index is 5.83. The Balaban J connectivity index is 2.70. The van der Waals surface area contributed by atoms with Gasteiger partial charge in [0.2, 0.25) is 0 Å². The average molecular weight is 216 g/mol. The number of hydrogen-bond donors (Lipinski definition) is 1. The van der Waals surface area contributed by atoms with Crippen LogP contribution in [-0.2, 0) is 0 Å². The van der Waals surface area contributed by atoms with Crippen molar-refractivity contribution in [2.75, 3.05) is 19.0 Å². The lowest BCUT2D eigenvalue weighted by molar-refractivity contribution is 0.413. The molecule has 0 saturated heterocycles. The van der Waals surface area contributed by atoms with Crippen LogP contribution in [-0.4, -0.2) is 23.6 Å². The number of unbranched alkanes of at least 4 members (excludes halogenated alkanes) is 1. The Labute approximate surface area is 88.7 Å². The fourth-order valence-corrected chi connectivity index (χ4v) is 1.25. The molecule has 0 atom stereocenters. The molecular weight excluding hydrogens is 202 g/mol. The van der Waals surface area contributed by atoms with Crippen molar-refractivity contribution in [3.63, 3.8) is 0 Å². The molecule has 0 radical (unpaired) electrons. The number of methoxy groups -OCH3 is 1. The fourth-order valence-electron chi connectivity index (χ4n) is 1.04. The maximum Gasteiger partial charge on any atom is 0.198 e. The number of ether oxygens (including phenoxy) is 1. The van der Waals surface area contributed by atoms with E-state index in [4.69, 9.17) is 16.3 Å². The molecule has 0 saturated carbocycles. The van der Waals surface area contributed by atoms with E-state index in [0.717, 1.165) is 19.4 Å². The second-order valence-electron chi connectivity index (χ2n) is 2.83. The first-order valence-electron chi connectivity index (χ1n) is 4.58. The third kappa shape index (κ3) is 2.73. The lowest BCUT2D eigenvalue weighted by atomic mass is 10.3. The Hall–Kier alpha value is -1.03. The van der Waals surface area contributed by atoms with Gasteiger partial charge in [-0.05, 0) is 6.42 Å². The van der Waals surface area contributed by atoms with Gasteiger partial charge in [0.15, 0.2) is 16.7 Å². The lowest BCUT2D eigenvalue weighted by Gasteiger charge is -2.09. The molecule has 5 heteroatoms. The number of halogens is 1. The van der Waals surface area contributed by atoms with Crippen molar-refractivity contribution in [2.45, 2.75) is 19.8 Å². The molecule has 1 N–H and O–H groups in total. The summed E-state index contributed by atoms with van der Waals surface area (Å²) >= 11 is 5.83. The van der Waals surface area contributed by atoms with Crippen molar-refractivity contribution in [1.82, 2.24) is 9.97 Å². The average Bonchev–Trinajstić information content (AvgIpc) is 2.18. The van der Waals surface area contributed by atoms with E-state index in [0.29, 0.717) is 16.7 Å². The Kier molecular flexibility index (Phi) is 4.46.